The summed E-state index contributed by atoms with van der Waals surface area (Å²) in [6.07, 6.45) is 3.73. The lowest BCUT2D eigenvalue weighted by atomic mass is 10.1. The minimum atomic E-state index is -0.0177. The number of aromatic amines is 1. The predicted octanol–water partition coefficient (Wildman–Crippen LogP) is 2.88. The smallest absolute Gasteiger partial charge is 0.257 e. The number of fused-ring (bicyclic) bond motifs is 1. The van der Waals surface area contributed by atoms with Gasteiger partial charge in [0.1, 0.15) is 5.00 Å². The molecule has 0 saturated heterocycles. The van der Waals surface area contributed by atoms with E-state index in [2.05, 4.69) is 10.3 Å². The SMILES string of the molecule is Cc1cc2c(s1)NC(=O)C2=Cc1ccc[nH]1. The van der Waals surface area contributed by atoms with Crippen LogP contribution in [0.5, 0.6) is 0 Å². The second kappa shape index (κ2) is 3.35. The van der Waals surface area contributed by atoms with E-state index < -0.39 is 0 Å². The molecule has 0 aliphatic carbocycles. The van der Waals surface area contributed by atoms with Crippen molar-refractivity contribution in [2.24, 2.45) is 0 Å². The van der Waals surface area contributed by atoms with Crippen LogP contribution in [0, 0.1) is 6.92 Å². The van der Waals surface area contributed by atoms with Crippen LogP contribution in [-0.4, -0.2) is 10.9 Å². The monoisotopic (exact) mass is 230 g/mol. The Morgan fingerprint density at radius 2 is 2.31 bits per heavy atom. The summed E-state index contributed by atoms with van der Waals surface area (Å²) in [5, 5.41) is 3.84. The van der Waals surface area contributed by atoms with E-state index in [1.807, 2.05) is 37.4 Å². The maximum absolute atomic E-state index is 11.7. The maximum atomic E-state index is 11.7. The molecule has 0 unspecified atom stereocenters. The number of carbonyl (C=O) groups excluding carboxylic acids is 1. The van der Waals surface area contributed by atoms with Crippen molar-refractivity contribution < 1.29 is 4.79 Å². The number of thiophene rings is 1. The number of aromatic nitrogens is 1. The molecule has 80 valence electrons. The van der Waals surface area contributed by atoms with Gasteiger partial charge in [-0.3, -0.25) is 4.79 Å². The van der Waals surface area contributed by atoms with Gasteiger partial charge in [0.2, 0.25) is 0 Å². The normalized spacial score (nSPS) is 16.6. The minimum Gasteiger partial charge on any atom is -0.362 e. The van der Waals surface area contributed by atoms with Crippen molar-refractivity contribution in [3.05, 3.63) is 40.5 Å². The standard InChI is InChI=1S/C12H10N2OS/c1-7-5-10-9(6-8-3-2-4-13-8)11(15)14-12(10)16-7/h2-6,13H,1H3,(H,14,15). The van der Waals surface area contributed by atoms with Gasteiger partial charge in [0.05, 0.1) is 5.57 Å². The van der Waals surface area contributed by atoms with Crippen molar-refractivity contribution in [1.29, 1.82) is 0 Å². The van der Waals surface area contributed by atoms with E-state index in [0.717, 1.165) is 21.8 Å². The van der Waals surface area contributed by atoms with Crippen LogP contribution in [-0.2, 0) is 4.79 Å². The molecule has 0 fully saturated rings. The Hall–Kier alpha value is -1.81. The highest BCUT2D eigenvalue weighted by Crippen LogP contribution is 2.39. The van der Waals surface area contributed by atoms with E-state index in [1.54, 1.807) is 11.3 Å². The number of anilines is 1. The van der Waals surface area contributed by atoms with E-state index in [9.17, 15) is 4.79 Å². The predicted molar refractivity (Wildman–Crippen MR) is 66.3 cm³/mol. The third-order valence-electron chi connectivity index (χ3n) is 2.54. The van der Waals surface area contributed by atoms with Crippen molar-refractivity contribution in [2.45, 2.75) is 6.92 Å². The maximum Gasteiger partial charge on any atom is 0.257 e. The van der Waals surface area contributed by atoms with Gasteiger partial charge in [-0.1, -0.05) is 0 Å². The van der Waals surface area contributed by atoms with E-state index in [-0.39, 0.29) is 5.91 Å². The molecule has 0 spiro atoms. The Labute approximate surface area is 96.8 Å². The second-order valence-electron chi connectivity index (χ2n) is 3.74. The highest BCUT2D eigenvalue weighted by atomic mass is 32.1. The van der Waals surface area contributed by atoms with Crippen molar-refractivity contribution in [1.82, 2.24) is 4.98 Å². The van der Waals surface area contributed by atoms with Crippen LogP contribution in [0.1, 0.15) is 16.1 Å². The van der Waals surface area contributed by atoms with Crippen LogP contribution in [0.2, 0.25) is 0 Å². The van der Waals surface area contributed by atoms with Crippen LogP contribution in [0.4, 0.5) is 5.00 Å². The van der Waals surface area contributed by atoms with Crippen LogP contribution in [0.25, 0.3) is 11.6 Å². The largest absolute Gasteiger partial charge is 0.362 e. The van der Waals surface area contributed by atoms with E-state index in [1.165, 1.54) is 4.88 Å². The van der Waals surface area contributed by atoms with E-state index in [0.29, 0.717) is 0 Å². The Morgan fingerprint density at radius 3 is 3.06 bits per heavy atom. The Morgan fingerprint density at radius 1 is 1.44 bits per heavy atom. The summed E-state index contributed by atoms with van der Waals surface area (Å²) in [6, 6.07) is 5.91. The van der Waals surface area contributed by atoms with Gasteiger partial charge in [-0.25, -0.2) is 0 Å². The quantitative estimate of drug-likeness (QED) is 0.727. The molecule has 3 nitrogen and oxygen atoms in total. The first-order valence-corrected chi connectivity index (χ1v) is 5.83. The molecule has 1 aliphatic rings. The molecule has 2 aromatic heterocycles. The summed E-state index contributed by atoms with van der Waals surface area (Å²) in [5.41, 5.74) is 2.70. The zero-order valence-electron chi connectivity index (χ0n) is 8.70. The summed E-state index contributed by atoms with van der Waals surface area (Å²) >= 11 is 1.61. The average Bonchev–Trinajstić information content (AvgIpc) is 2.88. The van der Waals surface area contributed by atoms with E-state index in [4.69, 9.17) is 0 Å². The summed E-state index contributed by atoms with van der Waals surface area (Å²) in [4.78, 5) is 16.0. The molecular formula is C12H10N2OS. The molecule has 1 amide bonds. The number of hydrogen-bond donors (Lipinski definition) is 2. The molecule has 3 rings (SSSR count). The lowest BCUT2D eigenvalue weighted by Crippen LogP contribution is -2.03. The zero-order chi connectivity index (χ0) is 11.1. The summed E-state index contributed by atoms with van der Waals surface area (Å²) < 4.78 is 0. The molecular weight excluding hydrogens is 220 g/mol. The van der Waals surface area contributed by atoms with Crippen LogP contribution in [0.3, 0.4) is 0 Å². The number of aryl methyl sites for hydroxylation is 1. The fraction of sp³-hybridized carbons (Fsp3) is 0.0833. The molecule has 16 heavy (non-hydrogen) atoms. The van der Waals surface area contributed by atoms with Gasteiger partial charge < -0.3 is 10.3 Å². The number of rotatable bonds is 1. The first kappa shape index (κ1) is 9.42. The van der Waals surface area contributed by atoms with Crippen LogP contribution >= 0.6 is 11.3 Å². The zero-order valence-corrected chi connectivity index (χ0v) is 9.52. The number of H-pyrrole nitrogens is 1. The van der Waals surface area contributed by atoms with Crippen molar-refractivity contribution >= 4 is 33.9 Å². The first-order chi connectivity index (χ1) is 7.74. The van der Waals surface area contributed by atoms with Gasteiger partial charge in [-0.05, 0) is 31.2 Å². The van der Waals surface area contributed by atoms with Gasteiger partial charge >= 0.3 is 0 Å². The number of amides is 1. The molecule has 0 aromatic carbocycles. The van der Waals surface area contributed by atoms with Crippen LogP contribution in [0.15, 0.2) is 24.4 Å². The van der Waals surface area contributed by atoms with E-state index >= 15 is 0 Å². The van der Waals surface area contributed by atoms with Gasteiger partial charge in [0, 0.05) is 22.3 Å². The van der Waals surface area contributed by atoms with Crippen molar-refractivity contribution in [3.63, 3.8) is 0 Å². The summed E-state index contributed by atoms with van der Waals surface area (Å²) in [5.74, 6) is -0.0177. The fourth-order valence-corrected chi connectivity index (χ4v) is 2.75. The molecule has 2 aromatic rings. The number of carbonyl (C=O) groups is 1. The van der Waals surface area contributed by atoms with Crippen LogP contribution < -0.4 is 5.32 Å². The third-order valence-corrected chi connectivity index (χ3v) is 3.50. The topological polar surface area (TPSA) is 44.9 Å². The number of nitrogens with one attached hydrogen (secondary N) is 2. The van der Waals surface area contributed by atoms with Gasteiger partial charge in [-0.15, -0.1) is 11.3 Å². The average molecular weight is 230 g/mol. The highest BCUT2D eigenvalue weighted by molar-refractivity contribution is 7.17. The summed E-state index contributed by atoms with van der Waals surface area (Å²) in [6.45, 7) is 2.04. The molecule has 0 atom stereocenters. The van der Waals surface area contributed by atoms with Gasteiger partial charge in [0.25, 0.3) is 5.91 Å². The third kappa shape index (κ3) is 1.39. The highest BCUT2D eigenvalue weighted by Gasteiger charge is 2.26. The molecule has 0 saturated carbocycles. The second-order valence-corrected chi connectivity index (χ2v) is 4.99. The lowest BCUT2D eigenvalue weighted by Gasteiger charge is -1.94. The molecule has 3 heterocycles. The molecule has 4 heteroatoms. The summed E-state index contributed by atoms with van der Waals surface area (Å²) in [7, 11) is 0. The Balaban J connectivity index is 2.11. The van der Waals surface area contributed by atoms with Crippen molar-refractivity contribution in [3.8, 4) is 0 Å². The van der Waals surface area contributed by atoms with Crippen molar-refractivity contribution in [2.75, 3.05) is 5.32 Å². The first-order valence-electron chi connectivity index (χ1n) is 5.01. The Bertz CT molecular complexity index is 578. The molecule has 0 bridgehead atoms. The Kier molecular flexibility index (Phi) is 1.97. The molecule has 0 radical (unpaired) electrons. The minimum absolute atomic E-state index is 0.0177. The lowest BCUT2D eigenvalue weighted by molar-refractivity contribution is -0.110. The van der Waals surface area contributed by atoms with Gasteiger partial charge in [-0.2, -0.15) is 0 Å². The van der Waals surface area contributed by atoms with Gasteiger partial charge in [0.15, 0.2) is 0 Å². The molecule has 2 N–H and O–H groups in total. The molecule has 1 aliphatic heterocycles. The fourth-order valence-electron chi connectivity index (χ4n) is 1.83. The number of hydrogen-bond acceptors (Lipinski definition) is 2.